The van der Waals surface area contributed by atoms with Crippen molar-refractivity contribution in [2.75, 3.05) is 13.7 Å². The van der Waals surface area contributed by atoms with Crippen molar-refractivity contribution >= 4 is 50.0 Å². The summed E-state index contributed by atoms with van der Waals surface area (Å²) < 4.78 is 9.27. The molecule has 5 aromatic rings. The van der Waals surface area contributed by atoms with Crippen molar-refractivity contribution in [3.63, 3.8) is 0 Å². The van der Waals surface area contributed by atoms with Crippen molar-refractivity contribution in [1.82, 2.24) is 29.1 Å². The molecule has 5 rings (SSSR count). The lowest BCUT2D eigenvalue weighted by atomic mass is 10.2. The molecule has 0 aliphatic rings. The Hall–Kier alpha value is -3.02. The Morgan fingerprint density at radius 3 is 2.94 bits per heavy atom. The fourth-order valence-corrected chi connectivity index (χ4v) is 5.05. The Bertz CT molecular complexity index is 1520. The van der Waals surface area contributed by atoms with Crippen molar-refractivity contribution in [1.29, 1.82) is 0 Å². The van der Waals surface area contributed by atoms with Crippen LogP contribution >= 0.6 is 23.1 Å². The smallest absolute Gasteiger partial charge is 0.268 e. The van der Waals surface area contributed by atoms with E-state index in [0.717, 1.165) is 5.52 Å². The molecular formula is C20H18N6O3S2. The maximum absolute atomic E-state index is 13.0. The number of methoxy groups -OCH3 is 1. The number of ether oxygens (including phenoxy) is 1. The van der Waals surface area contributed by atoms with E-state index < -0.39 is 0 Å². The number of benzene rings is 1. The molecule has 11 heteroatoms. The maximum Gasteiger partial charge on any atom is 0.268 e. The standard InChI is InChI=1S/C20H18N6O3S2/c1-29-9-4-8-25-18(28)12-5-2-3-6-14(12)26-19(25)23-24-20(26)31-11-15-21-13-7-10-30-16(13)17(27)22-15/h2-3,5-7,10H,4,8-9,11H2,1H3,(H,21,22,27). The lowest BCUT2D eigenvalue weighted by molar-refractivity contribution is 0.190. The van der Waals surface area contributed by atoms with Gasteiger partial charge in [-0.1, -0.05) is 23.9 Å². The zero-order valence-electron chi connectivity index (χ0n) is 16.6. The number of hydrogen-bond donors (Lipinski definition) is 1. The lowest BCUT2D eigenvalue weighted by Gasteiger charge is -2.11. The van der Waals surface area contributed by atoms with Crippen LogP contribution in [0.4, 0.5) is 0 Å². The number of aryl methyl sites for hydroxylation is 1. The minimum absolute atomic E-state index is 0.0999. The molecule has 0 fully saturated rings. The fraction of sp³-hybridized carbons (Fsp3) is 0.250. The number of H-pyrrole nitrogens is 1. The highest BCUT2D eigenvalue weighted by molar-refractivity contribution is 7.98. The molecule has 0 saturated carbocycles. The number of aromatic nitrogens is 6. The first-order valence-corrected chi connectivity index (χ1v) is 11.5. The molecule has 0 atom stereocenters. The summed E-state index contributed by atoms with van der Waals surface area (Å²) in [5, 5.41) is 11.7. The molecule has 0 spiro atoms. The van der Waals surface area contributed by atoms with Gasteiger partial charge in [-0.15, -0.1) is 21.5 Å². The third-order valence-electron chi connectivity index (χ3n) is 4.91. The number of nitrogens with zero attached hydrogens (tertiary/aromatic N) is 5. The van der Waals surface area contributed by atoms with Gasteiger partial charge in [-0.2, -0.15) is 0 Å². The predicted molar refractivity (Wildman–Crippen MR) is 121 cm³/mol. The van der Waals surface area contributed by atoms with Gasteiger partial charge in [0.1, 0.15) is 10.5 Å². The van der Waals surface area contributed by atoms with Crippen LogP contribution in [0.5, 0.6) is 0 Å². The van der Waals surface area contributed by atoms with E-state index in [1.165, 1.54) is 23.1 Å². The zero-order valence-corrected chi connectivity index (χ0v) is 18.2. The summed E-state index contributed by atoms with van der Waals surface area (Å²) in [6.07, 6.45) is 0.686. The summed E-state index contributed by atoms with van der Waals surface area (Å²) in [5.74, 6) is 1.46. The van der Waals surface area contributed by atoms with Gasteiger partial charge in [0.2, 0.25) is 5.78 Å². The molecule has 1 aromatic carbocycles. The average Bonchev–Trinajstić information content (AvgIpc) is 3.42. The van der Waals surface area contributed by atoms with Crippen LogP contribution in [-0.4, -0.2) is 42.8 Å². The highest BCUT2D eigenvalue weighted by Gasteiger charge is 2.17. The average molecular weight is 455 g/mol. The molecule has 9 nitrogen and oxygen atoms in total. The van der Waals surface area contributed by atoms with Crippen molar-refractivity contribution < 1.29 is 4.74 Å². The summed E-state index contributed by atoms with van der Waals surface area (Å²) in [6, 6.07) is 9.25. The molecule has 0 bridgehead atoms. The van der Waals surface area contributed by atoms with Gasteiger partial charge in [0.05, 0.1) is 22.2 Å². The zero-order chi connectivity index (χ0) is 21.4. The predicted octanol–water partition coefficient (Wildman–Crippen LogP) is 2.67. The van der Waals surface area contributed by atoms with E-state index in [9.17, 15) is 9.59 Å². The Morgan fingerprint density at radius 1 is 1.19 bits per heavy atom. The van der Waals surface area contributed by atoms with Gasteiger partial charge in [-0.3, -0.25) is 18.6 Å². The second-order valence-corrected chi connectivity index (χ2v) is 8.73. The van der Waals surface area contributed by atoms with E-state index in [-0.39, 0.29) is 11.1 Å². The molecule has 4 heterocycles. The minimum Gasteiger partial charge on any atom is -0.385 e. The minimum atomic E-state index is -0.140. The van der Waals surface area contributed by atoms with Gasteiger partial charge in [0.15, 0.2) is 5.16 Å². The second kappa shape index (κ2) is 8.25. The third-order valence-corrected chi connectivity index (χ3v) is 6.75. The Balaban J connectivity index is 1.57. The van der Waals surface area contributed by atoms with Crippen molar-refractivity contribution in [3.8, 4) is 0 Å². The van der Waals surface area contributed by atoms with Crippen LogP contribution in [0.15, 0.2) is 50.5 Å². The van der Waals surface area contributed by atoms with Crippen molar-refractivity contribution in [3.05, 3.63) is 62.2 Å². The van der Waals surface area contributed by atoms with E-state index in [0.29, 0.717) is 57.7 Å². The molecule has 158 valence electrons. The Morgan fingerprint density at radius 2 is 2.06 bits per heavy atom. The number of hydrogen-bond acceptors (Lipinski definition) is 8. The van der Waals surface area contributed by atoms with Crippen LogP contribution in [0.25, 0.3) is 26.9 Å². The monoisotopic (exact) mass is 454 g/mol. The summed E-state index contributed by atoms with van der Waals surface area (Å²) in [5.41, 5.74) is 1.19. The first-order valence-electron chi connectivity index (χ1n) is 9.62. The van der Waals surface area contributed by atoms with Gasteiger partial charge < -0.3 is 9.72 Å². The Labute approximate surface area is 183 Å². The van der Waals surface area contributed by atoms with Crippen LogP contribution in [-0.2, 0) is 17.0 Å². The maximum atomic E-state index is 13.0. The summed E-state index contributed by atoms with van der Waals surface area (Å²) >= 11 is 2.78. The van der Waals surface area contributed by atoms with Gasteiger partial charge in [0.25, 0.3) is 11.1 Å². The van der Waals surface area contributed by atoms with E-state index in [1.807, 2.05) is 40.1 Å². The first kappa shape index (κ1) is 19.9. The van der Waals surface area contributed by atoms with E-state index >= 15 is 0 Å². The molecule has 0 aliphatic carbocycles. The number of aromatic amines is 1. The van der Waals surface area contributed by atoms with Crippen LogP contribution in [0.2, 0.25) is 0 Å². The molecule has 31 heavy (non-hydrogen) atoms. The SMILES string of the molecule is COCCCn1c(=O)c2ccccc2n2c(SCc3nc4ccsc4c(=O)[nH]3)nnc12. The summed E-state index contributed by atoms with van der Waals surface area (Å²) in [7, 11) is 1.64. The number of thiophene rings is 1. The number of nitrogens with one attached hydrogen (secondary N) is 1. The normalized spacial score (nSPS) is 11.8. The fourth-order valence-electron chi connectivity index (χ4n) is 3.52. The van der Waals surface area contributed by atoms with Gasteiger partial charge in [0, 0.05) is 20.3 Å². The largest absolute Gasteiger partial charge is 0.385 e. The van der Waals surface area contributed by atoms with Gasteiger partial charge >= 0.3 is 0 Å². The van der Waals surface area contributed by atoms with E-state index in [1.54, 1.807) is 11.7 Å². The lowest BCUT2D eigenvalue weighted by Crippen LogP contribution is -2.24. The molecule has 0 amide bonds. The van der Waals surface area contributed by atoms with Crippen molar-refractivity contribution in [2.24, 2.45) is 0 Å². The highest BCUT2D eigenvalue weighted by Crippen LogP contribution is 2.24. The number of fused-ring (bicyclic) bond motifs is 4. The first-order chi connectivity index (χ1) is 15.2. The van der Waals surface area contributed by atoms with Crippen LogP contribution in [0.1, 0.15) is 12.2 Å². The van der Waals surface area contributed by atoms with Crippen LogP contribution < -0.4 is 11.1 Å². The molecule has 0 aliphatic heterocycles. The molecule has 1 N–H and O–H groups in total. The number of rotatable bonds is 7. The summed E-state index contributed by atoms with van der Waals surface area (Å²) in [4.78, 5) is 32.7. The molecule has 4 aromatic heterocycles. The second-order valence-electron chi connectivity index (χ2n) is 6.87. The highest BCUT2D eigenvalue weighted by atomic mass is 32.2. The van der Waals surface area contributed by atoms with Gasteiger partial charge in [-0.25, -0.2) is 4.98 Å². The topological polar surface area (TPSA) is 107 Å². The number of para-hydroxylation sites is 1. The third kappa shape index (κ3) is 3.54. The summed E-state index contributed by atoms with van der Waals surface area (Å²) in [6.45, 7) is 1.03. The van der Waals surface area contributed by atoms with Gasteiger partial charge in [-0.05, 0) is 30.0 Å². The van der Waals surface area contributed by atoms with Crippen LogP contribution in [0, 0.1) is 0 Å². The number of thioether (sulfide) groups is 1. The quantitative estimate of drug-likeness (QED) is 0.298. The van der Waals surface area contributed by atoms with Crippen LogP contribution in [0.3, 0.4) is 0 Å². The van der Waals surface area contributed by atoms with E-state index in [2.05, 4.69) is 20.2 Å². The molecule has 0 radical (unpaired) electrons. The Kier molecular flexibility index (Phi) is 5.30. The van der Waals surface area contributed by atoms with E-state index in [4.69, 9.17) is 4.74 Å². The van der Waals surface area contributed by atoms with Crippen molar-refractivity contribution in [2.45, 2.75) is 23.9 Å². The molecule has 0 saturated heterocycles. The molecule has 0 unspecified atom stereocenters. The molecular weight excluding hydrogens is 436 g/mol.